The van der Waals surface area contributed by atoms with Crippen molar-refractivity contribution in [2.45, 2.75) is 25.1 Å². The maximum Gasteiger partial charge on any atom is 0.328 e. The van der Waals surface area contributed by atoms with Crippen LogP contribution in [0.1, 0.15) is 29.8 Å². The van der Waals surface area contributed by atoms with Gasteiger partial charge in [-0.05, 0) is 17.5 Å². The van der Waals surface area contributed by atoms with E-state index in [1.165, 1.54) is 12.7 Å². The minimum Gasteiger partial charge on any atom is -0.468 e. The number of benzene rings is 1. The van der Waals surface area contributed by atoms with Gasteiger partial charge in [-0.2, -0.15) is 0 Å². The average Bonchev–Trinajstić information content (AvgIpc) is 2.28. The lowest BCUT2D eigenvalue weighted by molar-refractivity contribution is -0.140. The number of carbonyl (C=O) groups excluding carboxylic acids is 1. The Kier molecular flexibility index (Phi) is 4.63. The van der Waals surface area contributed by atoms with Gasteiger partial charge in [-0.15, -0.1) is 11.6 Å². The summed E-state index contributed by atoms with van der Waals surface area (Å²) in [4.78, 5) is 11.2. The number of ether oxygens (including phenoxy) is 1. The van der Waals surface area contributed by atoms with Gasteiger partial charge in [0.25, 0.3) is 0 Å². The van der Waals surface area contributed by atoms with Gasteiger partial charge in [0.05, 0.1) is 7.11 Å². The highest BCUT2D eigenvalue weighted by Gasteiger charge is 2.17. The van der Waals surface area contributed by atoms with Crippen LogP contribution in [0.3, 0.4) is 0 Å². The molecule has 0 aliphatic carbocycles. The van der Waals surface area contributed by atoms with Crippen LogP contribution in [0.25, 0.3) is 0 Å². The lowest BCUT2D eigenvalue weighted by atomic mass is 10.1. The summed E-state index contributed by atoms with van der Waals surface area (Å²) in [6.07, 6.45) is 2.16. The van der Waals surface area contributed by atoms with Crippen LogP contribution >= 0.6 is 11.6 Å². The van der Waals surface area contributed by atoms with Crippen LogP contribution in [0.5, 0.6) is 0 Å². The number of carbonyl (C=O) groups is 1. The van der Waals surface area contributed by atoms with Crippen molar-refractivity contribution in [3.8, 4) is 0 Å². The highest BCUT2D eigenvalue weighted by molar-refractivity contribution is 6.29. The molecule has 0 radical (unpaired) electrons. The summed E-state index contributed by atoms with van der Waals surface area (Å²) in [5, 5.41) is -0.703. The van der Waals surface area contributed by atoms with E-state index in [0.29, 0.717) is 0 Å². The van der Waals surface area contributed by atoms with Crippen molar-refractivity contribution in [3.05, 3.63) is 35.4 Å². The van der Waals surface area contributed by atoms with E-state index in [-0.39, 0.29) is 0 Å². The zero-order valence-corrected chi connectivity index (χ0v) is 9.75. The summed E-state index contributed by atoms with van der Waals surface area (Å²) in [6, 6.07) is 7.74. The standard InChI is InChI=1S/C12H15ClO2/c1-3-4-9-5-7-10(8-6-9)11(13)12(14)15-2/h5-8,11H,3-4H2,1-2H3. The Morgan fingerprint density at radius 3 is 2.47 bits per heavy atom. The predicted octanol–water partition coefficient (Wildman–Crippen LogP) is 3.09. The molecule has 0 saturated heterocycles. The third-order valence-electron chi connectivity index (χ3n) is 2.22. The van der Waals surface area contributed by atoms with Crippen molar-refractivity contribution >= 4 is 17.6 Å². The highest BCUT2D eigenvalue weighted by Crippen LogP contribution is 2.22. The van der Waals surface area contributed by atoms with E-state index in [2.05, 4.69) is 11.7 Å². The summed E-state index contributed by atoms with van der Waals surface area (Å²) in [6.45, 7) is 2.13. The van der Waals surface area contributed by atoms with Crippen LogP contribution in [0.4, 0.5) is 0 Å². The maximum atomic E-state index is 11.2. The summed E-state index contributed by atoms with van der Waals surface area (Å²) in [7, 11) is 1.34. The first-order valence-electron chi connectivity index (χ1n) is 4.99. The molecule has 0 N–H and O–H groups in total. The van der Waals surface area contributed by atoms with E-state index in [0.717, 1.165) is 18.4 Å². The van der Waals surface area contributed by atoms with Gasteiger partial charge >= 0.3 is 5.97 Å². The van der Waals surface area contributed by atoms with Crippen LogP contribution in [-0.2, 0) is 16.0 Å². The lowest BCUT2D eigenvalue weighted by Crippen LogP contribution is -2.08. The quantitative estimate of drug-likeness (QED) is 0.583. The molecule has 1 unspecified atom stereocenters. The molecular formula is C12H15ClO2. The van der Waals surface area contributed by atoms with E-state index < -0.39 is 11.3 Å². The first kappa shape index (κ1) is 12.1. The molecule has 0 amide bonds. The lowest BCUT2D eigenvalue weighted by Gasteiger charge is -2.08. The Hall–Kier alpha value is -1.02. The van der Waals surface area contributed by atoms with E-state index in [1.807, 2.05) is 24.3 Å². The van der Waals surface area contributed by atoms with Crippen molar-refractivity contribution in [2.24, 2.45) is 0 Å². The van der Waals surface area contributed by atoms with E-state index >= 15 is 0 Å². The van der Waals surface area contributed by atoms with Crippen LogP contribution in [0, 0.1) is 0 Å². The molecule has 15 heavy (non-hydrogen) atoms. The minimum atomic E-state index is -0.703. The Labute approximate surface area is 95.2 Å². The molecule has 1 rings (SSSR count). The zero-order chi connectivity index (χ0) is 11.3. The smallest absolute Gasteiger partial charge is 0.328 e. The molecule has 0 bridgehead atoms. The summed E-state index contributed by atoms with van der Waals surface area (Å²) >= 11 is 5.91. The summed E-state index contributed by atoms with van der Waals surface area (Å²) in [5.74, 6) is -0.417. The van der Waals surface area contributed by atoms with Crippen molar-refractivity contribution in [3.63, 3.8) is 0 Å². The van der Waals surface area contributed by atoms with E-state index in [4.69, 9.17) is 11.6 Å². The zero-order valence-electron chi connectivity index (χ0n) is 9.00. The molecule has 3 heteroatoms. The molecule has 0 heterocycles. The molecule has 1 aromatic carbocycles. The van der Waals surface area contributed by atoms with Gasteiger partial charge in [-0.1, -0.05) is 37.6 Å². The first-order valence-corrected chi connectivity index (χ1v) is 5.43. The number of hydrogen-bond donors (Lipinski definition) is 0. The Bertz CT molecular complexity index is 319. The number of esters is 1. The molecule has 0 aliphatic heterocycles. The van der Waals surface area contributed by atoms with Crippen molar-refractivity contribution in [1.82, 2.24) is 0 Å². The van der Waals surface area contributed by atoms with Gasteiger partial charge in [0.2, 0.25) is 0 Å². The number of methoxy groups -OCH3 is 1. The molecule has 82 valence electrons. The van der Waals surface area contributed by atoms with Crippen molar-refractivity contribution < 1.29 is 9.53 Å². The first-order chi connectivity index (χ1) is 7.19. The topological polar surface area (TPSA) is 26.3 Å². The van der Waals surface area contributed by atoms with Gasteiger partial charge in [-0.3, -0.25) is 4.79 Å². The fourth-order valence-corrected chi connectivity index (χ4v) is 1.62. The number of rotatable bonds is 4. The third-order valence-corrected chi connectivity index (χ3v) is 2.65. The largest absolute Gasteiger partial charge is 0.468 e. The van der Waals surface area contributed by atoms with Gasteiger partial charge in [-0.25, -0.2) is 0 Å². The number of alkyl halides is 1. The molecule has 0 aromatic heterocycles. The molecule has 0 saturated carbocycles. The predicted molar refractivity (Wildman–Crippen MR) is 61.0 cm³/mol. The SMILES string of the molecule is CCCc1ccc(C(Cl)C(=O)OC)cc1. The molecule has 1 atom stereocenters. The average molecular weight is 227 g/mol. The maximum absolute atomic E-state index is 11.2. The van der Waals surface area contributed by atoms with Crippen molar-refractivity contribution in [1.29, 1.82) is 0 Å². The van der Waals surface area contributed by atoms with E-state index in [9.17, 15) is 4.79 Å². The molecule has 2 nitrogen and oxygen atoms in total. The fourth-order valence-electron chi connectivity index (χ4n) is 1.38. The van der Waals surface area contributed by atoms with Crippen LogP contribution in [0.15, 0.2) is 24.3 Å². The van der Waals surface area contributed by atoms with E-state index in [1.54, 1.807) is 0 Å². The van der Waals surface area contributed by atoms with Crippen molar-refractivity contribution in [2.75, 3.05) is 7.11 Å². The third kappa shape index (κ3) is 3.24. The molecule has 1 aromatic rings. The normalized spacial score (nSPS) is 12.2. The second-order valence-electron chi connectivity index (χ2n) is 3.38. The van der Waals surface area contributed by atoms with Crippen LogP contribution in [0.2, 0.25) is 0 Å². The highest BCUT2D eigenvalue weighted by atomic mass is 35.5. The number of halogens is 1. The van der Waals surface area contributed by atoms with Crippen LogP contribution < -0.4 is 0 Å². The molecule has 0 aliphatic rings. The molecule has 0 spiro atoms. The Morgan fingerprint density at radius 1 is 1.40 bits per heavy atom. The van der Waals surface area contributed by atoms with Gasteiger partial charge < -0.3 is 4.74 Å². The Balaban J connectivity index is 2.75. The number of aryl methyl sites for hydroxylation is 1. The summed E-state index contributed by atoms with van der Waals surface area (Å²) < 4.78 is 4.57. The van der Waals surface area contributed by atoms with Gasteiger partial charge in [0.15, 0.2) is 5.38 Å². The fraction of sp³-hybridized carbons (Fsp3) is 0.417. The summed E-state index contributed by atoms with van der Waals surface area (Å²) in [5.41, 5.74) is 2.04. The van der Waals surface area contributed by atoms with Gasteiger partial charge in [0, 0.05) is 0 Å². The molecule has 0 fully saturated rings. The molecular weight excluding hydrogens is 212 g/mol. The second-order valence-corrected chi connectivity index (χ2v) is 3.81. The second kappa shape index (κ2) is 5.76. The van der Waals surface area contributed by atoms with Gasteiger partial charge in [0.1, 0.15) is 0 Å². The Morgan fingerprint density at radius 2 is 2.00 bits per heavy atom. The monoisotopic (exact) mass is 226 g/mol. The minimum absolute atomic E-state index is 0.417. The number of hydrogen-bond acceptors (Lipinski definition) is 2. The van der Waals surface area contributed by atoms with Crippen LogP contribution in [-0.4, -0.2) is 13.1 Å².